The maximum Gasteiger partial charge on any atom is 0.416 e. The summed E-state index contributed by atoms with van der Waals surface area (Å²) in [6.07, 6.45) is -1.61. The van der Waals surface area contributed by atoms with Crippen molar-refractivity contribution in [3.05, 3.63) is 74.6 Å². The van der Waals surface area contributed by atoms with Crippen molar-refractivity contribution in [3.63, 3.8) is 0 Å². The summed E-state index contributed by atoms with van der Waals surface area (Å²) in [5.74, 6) is -0.241. The Balaban J connectivity index is 1.83. The highest BCUT2D eigenvalue weighted by Gasteiger charge is 2.30. The number of halogens is 4. The summed E-state index contributed by atoms with van der Waals surface area (Å²) < 4.78 is 41.2. The van der Waals surface area contributed by atoms with Crippen LogP contribution in [0.3, 0.4) is 0 Å². The minimum absolute atomic E-state index is 0.241. The van der Waals surface area contributed by atoms with Crippen LogP contribution in [0.1, 0.15) is 20.8 Å². The van der Waals surface area contributed by atoms with Crippen LogP contribution in [-0.4, -0.2) is 20.4 Å². The van der Waals surface area contributed by atoms with Gasteiger partial charge in [0.05, 0.1) is 31.7 Å². The first-order valence-corrected chi connectivity index (χ1v) is 9.26. The lowest BCUT2D eigenvalue weighted by Gasteiger charge is -2.09. The number of benzene rings is 1. The number of rotatable bonds is 3. The van der Waals surface area contributed by atoms with E-state index in [9.17, 15) is 18.0 Å². The van der Waals surface area contributed by atoms with Crippen LogP contribution in [0.4, 0.5) is 13.2 Å². The zero-order valence-corrected chi connectivity index (χ0v) is 15.8. The third-order valence-electron chi connectivity index (χ3n) is 3.93. The Morgan fingerprint density at radius 1 is 1.15 bits per heavy atom. The second-order valence-electron chi connectivity index (χ2n) is 5.64. The van der Waals surface area contributed by atoms with E-state index in [0.717, 1.165) is 15.9 Å². The molecule has 4 aromatic rings. The topological polar surface area (TPSA) is 47.3 Å². The molecule has 0 radical (unpaired) electrons. The molecule has 4 rings (SSSR count). The molecule has 0 fully saturated rings. The molecule has 0 N–H and O–H groups in total. The van der Waals surface area contributed by atoms with Gasteiger partial charge in [0, 0.05) is 11.8 Å². The van der Waals surface area contributed by atoms with Crippen molar-refractivity contribution in [1.29, 1.82) is 0 Å². The molecule has 1 aromatic carbocycles. The third-order valence-corrected chi connectivity index (χ3v) is 5.55. The first-order valence-electron chi connectivity index (χ1n) is 7.65. The number of hydrogen-bond donors (Lipinski definition) is 0. The van der Waals surface area contributed by atoms with Crippen LogP contribution in [0.15, 0.2) is 58.6 Å². The van der Waals surface area contributed by atoms with Crippen molar-refractivity contribution in [3.8, 4) is 11.3 Å². The standard InChI is InChI=1S/C18H9BrF3N3OS/c19-15-5-4-14(27-15)16(26)12-9-24-25-13(6-7-23-17(12)25)10-2-1-3-11(8-10)18(20,21)22/h1-9H. The molecule has 0 bridgehead atoms. The normalized spacial score (nSPS) is 11.9. The zero-order chi connectivity index (χ0) is 19.2. The maximum absolute atomic E-state index is 13.0. The van der Waals surface area contributed by atoms with Gasteiger partial charge in [-0.25, -0.2) is 9.50 Å². The Labute approximate surface area is 163 Å². The van der Waals surface area contributed by atoms with E-state index in [1.54, 1.807) is 24.3 Å². The Bertz CT molecular complexity index is 1170. The number of alkyl halides is 3. The molecule has 3 heterocycles. The van der Waals surface area contributed by atoms with Gasteiger partial charge in [-0.15, -0.1) is 11.3 Å². The maximum atomic E-state index is 13.0. The van der Waals surface area contributed by atoms with E-state index < -0.39 is 11.7 Å². The smallest absolute Gasteiger partial charge is 0.287 e. The first-order chi connectivity index (χ1) is 12.8. The fourth-order valence-electron chi connectivity index (χ4n) is 2.69. The van der Waals surface area contributed by atoms with Crippen LogP contribution >= 0.6 is 27.3 Å². The second-order valence-corrected chi connectivity index (χ2v) is 8.10. The molecule has 136 valence electrons. The lowest BCUT2D eigenvalue weighted by atomic mass is 10.1. The fourth-order valence-corrected chi connectivity index (χ4v) is 4.03. The van der Waals surface area contributed by atoms with Gasteiger partial charge >= 0.3 is 6.18 Å². The zero-order valence-electron chi connectivity index (χ0n) is 13.4. The van der Waals surface area contributed by atoms with Crippen LogP contribution in [0.2, 0.25) is 0 Å². The molecule has 0 amide bonds. The number of fused-ring (bicyclic) bond motifs is 1. The van der Waals surface area contributed by atoms with E-state index in [1.807, 2.05) is 0 Å². The van der Waals surface area contributed by atoms with Crippen LogP contribution < -0.4 is 0 Å². The molecular formula is C18H9BrF3N3OS. The number of hydrogen-bond acceptors (Lipinski definition) is 4. The van der Waals surface area contributed by atoms with Crippen molar-refractivity contribution >= 4 is 38.7 Å². The van der Waals surface area contributed by atoms with E-state index in [4.69, 9.17) is 0 Å². The fraction of sp³-hybridized carbons (Fsp3) is 0.0556. The number of nitrogens with zero attached hydrogens (tertiary/aromatic N) is 3. The van der Waals surface area contributed by atoms with Gasteiger partial charge in [0.2, 0.25) is 5.78 Å². The van der Waals surface area contributed by atoms with Gasteiger partial charge in [-0.2, -0.15) is 18.3 Å². The third kappa shape index (κ3) is 3.28. The summed E-state index contributed by atoms with van der Waals surface area (Å²) in [6.45, 7) is 0. The predicted molar refractivity (Wildman–Crippen MR) is 98.9 cm³/mol. The quantitative estimate of drug-likeness (QED) is 0.388. The number of carbonyl (C=O) groups is 1. The van der Waals surface area contributed by atoms with Crippen molar-refractivity contribution in [2.45, 2.75) is 6.18 Å². The van der Waals surface area contributed by atoms with E-state index in [1.165, 1.54) is 34.3 Å². The monoisotopic (exact) mass is 451 g/mol. The Morgan fingerprint density at radius 2 is 1.96 bits per heavy atom. The van der Waals surface area contributed by atoms with Gasteiger partial charge in [-0.05, 0) is 46.3 Å². The van der Waals surface area contributed by atoms with Gasteiger partial charge in [0.1, 0.15) is 0 Å². The molecule has 3 aromatic heterocycles. The minimum atomic E-state index is -4.44. The lowest BCUT2D eigenvalue weighted by Crippen LogP contribution is -2.05. The summed E-state index contributed by atoms with van der Waals surface area (Å²) in [6, 6.07) is 9.98. The van der Waals surface area contributed by atoms with Gasteiger partial charge in [-0.1, -0.05) is 12.1 Å². The highest BCUT2D eigenvalue weighted by Crippen LogP contribution is 2.32. The van der Waals surface area contributed by atoms with E-state index in [2.05, 4.69) is 26.0 Å². The number of ketones is 1. The lowest BCUT2D eigenvalue weighted by molar-refractivity contribution is -0.137. The van der Waals surface area contributed by atoms with Crippen LogP contribution in [0, 0.1) is 0 Å². The molecule has 0 aliphatic rings. The number of carbonyl (C=O) groups excluding carboxylic acids is 1. The average Bonchev–Trinajstić information content (AvgIpc) is 3.26. The highest BCUT2D eigenvalue weighted by atomic mass is 79.9. The molecular weight excluding hydrogens is 443 g/mol. The van der Waals surface area contributed by atoms with Crippen LogP contribution in [-0.2, 0) is 6.18 Å². The van der Waals surface area contributed by atoms with Crippen LogP contribution in [0.5, 0.6) is 0 Å². The molecule has 0 unspecified atom stereocenters. The number of aromatic nitrogens is 3. The molecule has 0 aliphatic carbocycles. The largest absolute Gasteiger partial charge is 0.416 e. The average molecular weight is 452 g/mol. The van der Waals surface area contributed by atoms with Gasteiger partial charge in [0.15, 0.2) is 5.65 Å². The summed E-state index contributed by atoms with van der Waals surface area (Å²) in [7, 11) is 0. The van der Waals surface area contributed by atoms with Gasteiger partial charge in [-0.3, -0.25) is 4.79 Å². The highest BCUT2D eigenvalue weighted by molar-refractivity contribution is 9.11. The van der Waals surface area contributed by atoms with E-state index in [0.29, 0.717) is 21.8 Å². The minimum Gasteiger partial charge on any atom is -0.287 e. The van der Waals surface area contributed by atoms with E-state index in [-0.39, 0.29) is 11.3 Å². The summed E-state index contributed by atoms with van der Waals surface area (Å²) in [5, 5.41) is 4.19. The van der Waals surface area contributed by atoms with Gasteiger partial charge < -0.3 is 0 Å². The molecule has 27 heavy (non-hydrogen) atoms. The molecule has 9 heteroatoms. The van der Waals surface area contributed by atoms with Crippen molar-refractivity contribution < 1.29 is 18.0 Å². The van der Waals surface area contributed by atoms with Gasteiger partial charge in [0.25, 0.3) is 0 Å². The summed E-state index contributed by atoms with van der Waals surface area (Å²) in [5.41, 5.74) is 0.574. The summed E-state index contributed by atoms with van der Waals surface area (Å²) >= 11 is 4.60. The molecule has 0 saturated carbocycles. The van der Waals surface area contributed by atoms with Crippen LogP contribution in [0.25, 0.3) is 16.9 Å². The summed E-state index contributed by atoms with van der Waals surface area (Å²) in [4.78, 5) is 17.4. The first kappa shape index (κ1) is 17.9. The molecule has 0 atom stereocenters. The van der Waals surface area contributed by atoms with E-state index >= 15 is 0 Å². The molecule has 0 saturated heterocycles. The van der Waals surface area contributed by atoms with Crippen molar-refractivity contribution in [2.75, 3.05) is 0 Å². The molecule has 0 spiro atoms. The predicted octanol–water partition coefficient (Wildman–Crippen LogP) is 5.47. The number of thiophene rings is 1. The molecule has 4 nitrogen and oxygen atoms in total. The van der Waals surface area contributed by atoms with Crippen molar-refractivity contribution in [1.82, 2.24) is 14.6 Å². The Kier molecular flexibility index (Phi) is 4.35. The second kappa shape index (κ2) is 6.58. The SMILES string of the molecule is O=C(c1ccc(Br)s1)c1cnn2c(-c3cccc(C(F)(F)F)c3)ccnc12. The Hall–Kier alpha value is -2.52. The van der Waals surface area contributed by atoms with Crippen molar-refractivity contribution in [2.24, 2.45) is 0 Å². The molecule has 0 aliphatic heterocycles. The Morgan fingerprint density at radius 3 is 2.67 bits per heavy atom.